The highest BCUT2D eigenvalue weighted by atomic mass is 32.3. The van der Waals surface area contributed by atoms with E-state index >= 15 is 0 Å². The molecule has 0 spiro atoms. The maximum absolute atomic E-state index is 12.7. The van der Waals surface area contributed by atoms with Crippen molar-refractivity contribution < 1.29 is 22.1 Å². The number of halogens is 1. The third-order valence-corrected chi connectivity index (χ3v) is 3.31. The van der Waals surface area contributed by atoms with Crippen LogP contribution in [0.15, 0.2) is 53.4 Å². The Labute approximate surface area is 110 Å². The summed E-state index contributed by atoms with van der Waals surface area (Å²) >= 11 is 0. The lowest BCUT2D eigenvalue weighted by molar-refractivity contribution is 0.303. The number of benzene rings is 2. The first-order valence-corrected chi connectivity index (χ1v) is 6.79. The molecule has 0 atom stereocenters. The first-order chi connectivity index (χ1) is 8.97. The van der Waals surface area contributed by atoms with Crippen LogP contribution in [0.25, 0.3) is 0 Å². The molecule has 19 heavy (non-hydrogen) atoms. The predicted molar refractivity (Wildman–Crippen MR) is 67.2 cm³/mol. The molecule has 0 heterocycles. The third kappa shape index (κ3) is 3.45. The molecule has 0 radical (unpaired) electrons. The van der Waals surface area contributed by atoms with E-state index in [4.69, 9.17) is 4.74 Å². The molecule has 0 aliphatic carbocycles. The Morgan fingerprint density at radius 1 is 1.11 bits per heavy atom. The summed E-state index contributed by atoms with van der Waals surface area (Å²) in [6, 6.07) is 12.6. The fourth-order valence-electron chi connectivity index (χ4n) is 1.53. The summed E-state index contributed by atoms with van der Waals surface area (Å²) in [4.78, 5) is -0.764. The van der Waals surface area contributed by atoms with Crippen LogP contribution < -0.4 is 4.74 Å². The lowest BCUT2D eigenvalue weighted by atomic mass is 10.2. The van der Waals surface area contributed by atoms with Gasteiger partial charge in [0.1, 0.15) is 23.0 Å². The van der Waals surface area contributed by atoms with E-state index in [1.165, 1.54) is 6.07 Å². The van der Waals surface area contributed by atoms with E-state index in [1.54, 1.807) is 0 Å². The summed E-state index contributed by atoms with van der Waals surface area (Å²) < 4.78 is 39.5. The SMILES string of the molecule is O=S(=O)(F)c1ccc(OCc2ccccc2)cc1O. The third-order valence-electron chi connectivity index (χ3n) is 2.44. The molecule has 100 valence electrons. The number of rotatable bonds is 4. The van der Waals surface area contributed by atoms with Gasteiger partial charge in [0.15, 0.2) is 0 Å². The highest BCUT2D eigenvalue weighted by Gasteiger charge is 2.17. The molecule has 0 aliphatic heterocycles. The van der Waals surface area contributed by atoms with Gasteiger partial charge >= 0.3 is 10.2 Å². The quantitative estimate of drug-likeness (QED) is 0.876. The van der Waals surface area contributed by atoms with Crippen molar-refractivity contribution in [3.8, 4) is 11.5 Å². The molecule has 2 aromatic carbocycles. The van der Waals surface area contributed by atoms with E-state index in [2.05, 4.69) is 0 Å². The van der Waals surface area contributed by atoms with Crippen LogP contribution in [0, 0.1) is 0 Å². The van der Waals surface area contributed by atoms with E-state index < -0.39 is 20.9 Å². The summed E-state index contributed by atoms with van der Waals surface area (Å²) in [5.41, 5.74) is 0.921. The molecule has 0 amide bonds. The van der Waals surface area contributed by atoms with E-state index in [-0.39, 0.29) is 12.4 Å². The topological polar surface area (TPSA) is 63.6 Å². The van der Waals surface area contributed by atoms with Gasteiger partial charge in [0.25, 0.3) is 0 Å². The maximum atomic E-state index is 12.7. The summed E-state index contributed by atoms with van der Waals surface area (Å²) in [6.07, 6.45) is 0. The van der Waals surface area contributed by atoms with E-state index in [0.717, 1.165) is 17.7 Å². The number of aromatic hydroxyl groups is 1. The fourth-order valence-corrected chi connectivity index (χ4v) is 2.07. The first-order valence-electron chi connectivity index (χ1n) is 5.41. The van der Waals surface area contributed by atoms with Crippen LogP contribution in [0.3, 0.4) is 0 Å². The van der Waals surface area contributed by atoms with Crippen molar-refractivity contribution >= 4 is 10.2 Å². The molecule has 4 nitrogen and oxygen atoms in total. The van der Waals surface area contributed by atoms with E-state index in [1.807, 2.05) is 30.3 Å². The summed E-state index contributed by atoms with van der Waals surface area (Å²) in [6.45, 7) is 0.266. The van der Waals surface area contributed by atoms with Crippen LogP contribution in [0.4, 0.5) is 3.89 Å². The van der Waals surface area contributed by atoms with Crippen LogP contribution in [0.5, 0.6) is 11.5 Å². The van der Waals surface area contributed by atoms with Crippen molar-refractivity contribution in [3.63, 3.8) is 0 Å². The zero-order valence-electron chi connectivity index (χ0n) is 9.78. The number of hydrogen-bond donors (Lipinski definition) is 1. The summed E-state index contributed by atoms with van der Waals surface area (Å²) in [7, 11) is -4.92. The van der Waals surface area contributed by atoms with Crippen LogP contribution in [-0.2, 0) is 16.8 Å². The average Bonchev–Trinajstić information content (AvgIpc) is 2.36. The summed E-state index contributed by atoms with van der Waals surface area (Å²) in [5.74, 6) is -0.415. The number of phenols is 1. The van der Waals surface area contributed by atoms with Crippen molar-refractivity contribution in [1.82, 2.24) is 0 Å². The Morgan fingerprint density at radius 2 is 1.79 bits per heavy atom. The van der Waals surface area contributed by atoms with Crippen LogP contribution in [0.1, 0.15) is 5.56 Å². The molecule has 0 saturated heterocycles. The Hall–Kier alpha value is -2.08. The van der Waals surface area contributed by atoms with Crippen LogP contribution in [-0.4, -0.2) is 13.5 Å². The van der Waals surface area contributed by atoms with Gasteiger partial charge in [0.05, 0.1) is 0 Å². The minimum Gasteiger partial charge on any atom is -0.506 e. The van der Waals surface area contributed by atoms with E-state index in [0.29, 0.717) is 0 Å². The molecule has 2 aromatic rings. The smallest absolute Gasteiger partial charge is 0.335 e. The molecular weight excluding hydrogens is 271 g/mol. The van der Waals surface area contributed by atoms with Gasteiger partial charge in [-0.3, -0.25) is 0 Å². The van der Waals surface area contributed by atoms with Crippen LogP contribution in [0.2, 0.25) is 0 Å². The lowest BCUT2D eigenvalue weighted by Gasteiger charge is -2.07. The highest BCUT2D eigenvalue weighted by molar-refractivity contribution is 7.86. The largest absolute Gasteiger partial charge is 0.506 e. The minimum absolute atomic E-state index is 0.258. The fraction of sp³-hybridized carbons (Fsp3) is 0.0769. The second-order valence-corrected chi connectivity index (χ2v) is 5.16. The van der Waals surface area contributed by atoms with Crippen LogP contribution >= 0.6 is 0 Å². The molecule has 0 unspecified atom stereocenters. The number of phenolic OH excluding ortho intramolecular Hbond substituents is 1. The molecule has 0 saturated carbocycles. The van der Waals surface area contributed by atoms with Gasteiger partial charge in [-0.05, 0) is 17.7 Å². The molecule has 2 rings (SSSR count). The minimum atomic E-state index is -4.92. The van der Waals surface area contributed by atoms with Crippen molar-refractivity contribution in [3.05, 3.63) is 54.1 Å². The van der Waals surface area contributed by atoms with Gasteiger partial charge in [-0.2, -0.15) is 8.42 Å². The van der Waals surface area contributed by atoms with Gasteiger partial charge in [-0.25, -0.2) is 0 Å². The van der Waals surface area contributed by atoms with Crippen molar-refractivity contribution in [2.75, 3.05) is 0 Å². The first kappa shape index (κ1) is 13.4. The van der Waals surface area contributed by atoms with Gasteiger partial charge in [0.2, 0.25) is 0 Å². The standard InChI is InChI=1S/C13H11FO4S/c14-19(16,17)13-7-6-11(8-12(13)15)18-9-10-4-2-1-3-5-10/h1-8,15H,9H2. The number of hydrogen-bond acceptors (Lipinski definition) is 4. The maximum Gasteiger partial charge on any atom is 0.335 e. The zero-order valence-corrected chi connectivity index (χ0v) is 10.6. The van der Waals surface area contributed by atoms with Crippen molar-refractivity contribution in [2.24, 2.45) is 0 Å². The van der Waals surface area contributed by atoms with Crippen molar-refractivity contribution in [2.45, 2.75) is 11.5 Å². The lowest BCUT2D eigenvalue weighted by Crippen LogP contribution is -1.97. The van der Waals surface area contributed by atoms with Gasteiger partial charge in [-0.15, -0.1) is 3.89 Å². The number of ether oxygens (including phenoxy) is 1. The monoisotopic (exact) mass is 282 g/mol. The molecule has 0 fully saturated rings. The predicted octanol–water partition coefficient (Wildman–Crippen LogP) is 2.63. The highest BCUT2D eigenvalue weighted by Crippen LogP contribution is 2.28. The molecule has 0 aromatic heterocycles. The van der Waals surface area contributed by atoms with Gasteiger partial charge in [-0.1, -0.05) is 30.3 Å². The Balaban J connectivity index is 2.13. The normalized spacial score (nSPS) is 11.2. The summed E-state index contributed by atoms with van der Waals surface area (Å²) in [5, 5.41) is 9.43. The van der Waals surface area contributed by atoms with Gasteiger partial charge < -0.3 is 9.84 Å². The van der Waals surface area contributed by atoms with Crippen molar-refractivity contribution in [1.29, 1.82) is 0 Å². The van der Waals surface area contributed by atoms with E-state index in [9.17, 15) is 17.4 Å². The Kier molecular flexibility index (Phi) is 3.71. The molecule has 6 heteroatoms. The molecule has 1 N–H and O–H groups in total. The average molecular weight is 282 g/mol. The Bertz CT molecular complexity index is 668. The molecule has 0 bridgehead atoms. The Morgan fingerprint density at radius 3 is 2.37 bits per heavy atom. The second-order valence-electron chi connectivity index (χ2n) is 3.84. The molecular formula is C13H11FO4S. The zero-order chi connectivity index (χ0) is 13.9. The molecule has 0 aliphatic rings. The van der Waals surface area contributed by atoms with Gasteiger partial charge in [0, 0.05) is 6.07 Å². The second kappa shape index (κ2) is 5.27.